The van der Waals surface area contributed by atoms with Crippen molar-refractivity contribution in [3.8, 4) is 17.2 Å². The van der Waals surface area contributed by atoms with Gasteiger partial charge < -0.3 is 20.2 Å². The van der Waals surface area contributed by atoms with Gasteiger partial charge in [-0.1, -0.05) is 19.9 Å². The smallest absolute Gasteiger partial charge is 0.231 e. The number of hydrogen-bond donors (Lipinski definition) is 3. The van der Waals surface area contributed by atoms with E-state index in [4.69, 9.17) is 16.6 Å². The molecule has 1 amide bonds. The molecule has 3 N–H and O–H groups in total. The van der Waals surface area contributed by atoms with Crippen LogP contribution in [0.1, 0.15) is 70.3 Å². The fourth-order valence-electron chi connectivity index (χ4n) is 7.38. The Bertz CT molecular complexity index is 1310. The van der Waals surface area contributed by atoms with Gasteiger partial charge in [0.15, 0.2) is 10.7 Å². The van der Waals surface area contributed by atoms with Gasteiger partial charge in [-0.25, -0.2) is 4.98 Å². The molecule has 0 aliphatic heterocycles. The Kier molecular flexibility index (Phi) is 5.78. The molecule has 0 radical (unpaired) electrons. The van der Waals surface area contributed by atoms with Crippen LogP contribution in [0, 0.1) is 23.2 Å². The molecule has 0 unspecified atom stereocenters. The SMILES string of the molecule is CC(C)c1ccc2oc(-c3cc(NC(=S)NC(=O)CC45CC6CC(CC(C6)C4)C5)ccc3O)nc2c1. The van der Waals surface area contributed by atoms with Crippen LogP contribution in [0.2, 0.25) is 0 Å². The number of phenols is 1. The lowest BCUT2D eigenvalue weighted by molar-refractivity contribution is -0.127. The molecule has 2 aromatic carbocycles. The number of benzene rings is 2. The molecule has 4 bridgehead atoms. The van der Waals surface area contributed by atoms with Crippen molar-refractivity contribution in [2.45, 2.75) is 64.7 Å². The zero-order valence-corrected chi connectivity index (χ0v) is 21.7. The van der Waals surface area contributed by atoms with Gasteiger partial charge in [-0.3, -0.25) is 4.79 Å². The van der Waals surface area contributed by atoms with Crippen molar-refractivity contribution in [3.63, 3.8) is 0 Å². The summed E-state index contributed by atoms with van der Waals surface area (Å²) in [6.07, 6.45) is 8.22. The van der Waals surface area contributed by atoms with Crippen molar-refractivity contribution in [1.82, 2.24) is 10.3 Å². The number of amides is 1. The van der Waals surface area contributed by atoms with Crippen molar-refractivity contribution < 1.29 is 14.3 Å². The first-order chi connectivity index (χ1) is 17.2. The summed E-state index contributed by atoms with van der Waals surface area (Å²) in [4.78, 5) is 17.5. The van der Waals surface area contributed by atoms with Crippen molar-refractivity contribution in [1.29, 1.82) is 0 Å². The number of phenolic OH excluding ortho intramolecular Hbond substituents is 1. The summed E-state index contributed by atoms with van der Waals surface area (Å²) in [6.45, 7) is 4.27. The summed E-state index contributed by atoms with van der Waals surface area (Å²) in [5, 5.41) is 16.8. The Morgan fingerprint density at radius 2 is 1.81 bits per heavy atom. The van der Waals surface area contributed by atoms with Crippen LogP contribution < -0.4 is 10.6 Å². The van der Waals surface area contributed by atoms with Gasteiger partial charge in [-0.2, -0.15) is 0 Å². The van der Waals surface area contributed by atoms with Crippen LogP contribution in [0.15, 0.2) is 40.8 Å². The minimum atomic E-state index is -0.00615. The molecule has 4 saturated carbocycles. The number of hydrogen-bond acceptors (Lipinski definition) is 5. The van der Waals surface area contributed by atoms with Crippen LogP contribution in [0.5, 0.6) is 5.75 Å². The molecule has 7 heteroatoms. The zero-order chi connectivity index (χ0) is 25.0. The summed E-state index contributed by atoms with van der Waals surface area (Å²) >= 11 is 5.46. The molecule has 0 spiro atoms. The highest BCUT2D eigenvalue weighted by molar-refractivity contribution is 7.80. The number of thiocarbonyl (C=S) groups is 1. The summed E-state index contributed by atoms with van der Waals surface area (Å²) in [7, 11) is 0. The number of aromatic nitrogens is 1. The third kappa shape index (κ3) is 4.49. The molecule has 1 heterocycles. The van der Waals surface area contributed by atoms with Crippen molar-refractivity contribution in [3.05, 3.63) is 42.0 Å². The largest absolute Gasteiger partial charge is 0.507 e. The Morgan fingerprint density at radius 3 is 2.47 bits per heavy atom. The zero-order valence-electron chi connectivity index (χ0n) is 20.8. The third-order valence-corrected chi connectivity index (χ3v) is 8.72. The first-order valence-electron chi connectivity index (χ1n) is 13.1. The fraction of sp³-hybridized carbons (Fsp3) is 0.483. The Morgan fingerprint density at radius 1 is 1.11 bits per heavy atom. The maximum Gasteiger partial charge on any atom is 0.231 e. The predicted octanol–water partition coefficient (Wildman–Crippen LogP) is 6.74. The molecule has 4 aliphatic carbocycles. The van der Waals surface area contributed by atoms with Gasteiger partial charge in [0.1, 0.15) is 11.3 Å². The molecule has 3 aromatic rings. The van der Waals surface area contributed by atoms with Crippen LogP contribution in [0.25, 0.3) is 22.6 Å². The lowest BCUT2D eigenvalue weighted by Crippen LogP contribution is -2.48. The summed E-state index contributed by atoms with van der Waals surface area (Å²) in [6, 6.07) is 11.0. The van der Waals surface area contributed by atoms with Gasteiger partial charge in [0.05, 0.1) is 5.56 Å². The monoisotopic (exact) mass is 503 g/mol. The van der Waals surface area contributed by atoms with Crippen LogP contribution in [0.4, 0.5) is 5.69 Å². The quantitative estimate of drug-likeness (QED) is 0.264. The number of nitrogens with one attached hydrogen (secondary N) is 2. The van der Waals surface area contributed by atoms with Crippen LogP contribution in [-0.2, 0) is 4.79 Å². The Hall–Kier alpha value is -2.93. The normalized spacial score (nSPS) is 26.5. The van der Waals surface area contributed by atoms with Crippen LogP contribution in [-0.4, -0.2) is 21.1 Å². The fourth-order valence-corrected chi connectivity index (χ4v) is 7.62. The van der Waals surface area contributed by atoms with Gasteiger partial charge in [-0.05, 0) is 116 Å². The molecule has 4 fully saturated rings. The molecular weight excluding hydrogens is 470 g/mol. The van der Waals surface area contributed by atoms with Gasteiger partial charge in [0.2, 0.25) is 11.8 Å². The highest BCUT2D eigenvalue weighted by atomic mass is 32.1. The predicted molar refractivity (Wildman–Crippen MR) is 145 cm³/mol. The molecule has 6 nitrogen and oxygen atoms in total. The molecule has 0 atom stereocenters. The van der Waals surface area contributed by atoms with Gasteiger partial charge in [0.25, 0.3) is 0 Å². The van der Waals surface area contributed by atoms with E-state index in [-0.39, 0.29) is 22.2 Å². The highest BCUT2D eigenvalue weighted by Crippen LogP contribution is 2.61. The molecule has 36 heavy (non-hydrogen) atoms. The molecular formula is C29H33N3O3S. The minimum Gasteiger partial charge on any atom is -0.507 e. The van der Waals surface area contributed by atoms with E-state index in [2.05, 4.69) is 29.5 Å². The number of oxazole rings is 1. The number of aromatic hydroxyl groups is 1. The van der Waals surface area contributed by atoms with E-state index in [9.17, 15) is 9.90 Å². The van der Waals surface area contributed by atoms with Crippen molar-refractivity contribution >= 4 is 40.0 Å². The topological polar surface area (TPSA) is 87.4 Å². The van der Waals surface area contributed by atoms with E-state index in [1.807, 2.05) is 18.2 Å². The van der Waals surface area contributed by atoms with Gasteiger partial charge in [0, 0.05) is 12.1 Å². The average molecular weight is 504 g/mol. The van der Waals surface area contributed by atoms with Crippen LogP contribution >= 0.6 is 12.2 Å². The van der Waals surface area contributed by atoms with Crippen molar-refractivity contribution in [2.75, 3.05) is 5.32 Å². The van der Waals surface area contributed by atoms with Crippen LogP contribution in [0.3, 0.4) is 0 Å². The van der Waals surface area contributed by atoms with Gasteiger partial charge in [-0.15, -0.1) is 0 Å². The average Bonchev–Trinajstić information content (AvgIpc) is 3.22. The van der Waals surface area contributed by atoms with Gasteiger partial charge >= 0.3 is 0 Å². The highest BCUT2D eigenvalue weighted by Gasteiger charge is 2.51. The number of rotatable bonds is 5. The molecule has 1 aromatic heterocycles. The number of carbonyl (C=O) groups is 1. The second kappa shape index (κ2) is 8.87. The lowest BCUT2D eigenvalue weighted by Gasteiger charge is -2.56. The third-order valence-electron chi connectivity index (χ3n) is 8.52. The molecule has 188 valence electrons. The second-order valence-corrected chi connectivity index (χ2v) is 12.1. The Labute approximate surface area is 216 Å². The second-order valence-electron chi connectivity index (χ2n) is 11.7. The number of carbonyl (C=O) groups excluding carboxylic acids is 1. The molecule has 7 rings (SSSR count). The number of anilines is 1. The Balaban J connectivity index is 1.13. The van der Waals surface area contributed by atoms with E-state index < -0.39 is 0 Å². The number of nitrogens with zero attached hydrogens (tertiary/aromatic N) is 1. The molecule has 0 saturated heterocycles. The van der Waals surface area contributed by atoms with E-state index >= 15 is 0 Å². The first kappa shape index (κ1) is 23.5. The van der Waals surface area contributed by atoms with Crippen molar-refractivity contribution in [2.24, 2.45) is 23.2 Å². The maximum atomic E-state index is 12.9. The molecule has 4 aliphatic rings. The summed E-state index contributed by atoms with van der Waals surface area (Å²) in [5.74, 6) is 3.22. The maximum absolute atomic E-state index is 12.9. The summed E-state index contributed by atoms with van der Waals surface area (Å²) in [5.41, 5.74) is 3.87. The standard InChI is InChI=1S/C29H33N3O3S/c1-16(2)20-3-6-25-23(10-20)31-27(35-25)22-11-21(4-5-24(22)33)30-28(36)32-26(34)15-29-12-17-7-18(13-29)9-19(8-17)14-29/h3-6,10-11,16-19,33H,7-9,12-15H2,1-2H3,(H2,30,32,34,36). The van der Waals surface area contributed by atoms with E-state index in [0.717, 1.165) is 23.3 Å². The number of fused-ring (bicyclic) bond motifs is 1. The van der Waals surface area contributed by atoms with E-state index in [1.54, 1.807) is 18.2 Å². The van der Waals surface area contributed by atoms with E-state index in [1.165, 1.54) is 44.1 Å². The first-order valence-corrected chi connectivity index (χ1v) is 13.5. The lowest BCUT2D eigenvalue weighted by atomic mass is 9.49. The minimum absolute atomic E-state index is 0.00615. The summed E-state index contributed by atoms with van der Waals surface area (Å²) < 4.78 is 5.93. The van der Waals surface area contributed by atoms with E-state index in [0.29, 0.717) is 35.1 Å².